The summed E-state index contributed by atoms with van der Waals surface area (Å²) in [4.78, 5) is 10.5. The van der Waals surface area contributed by atoms with E-state index >= 15 is 0 Å². The van der Waals surface area contributed by atoms with E-state index in [1.165, 1.54) is 98.4 Å². The fourth-order valence-electron chi connectivity index (χ4n) is 11.0. The van der Waals surface area contributed by atoms with Crippen LogP contribution in [0.3, 0.4) is 0 Å². The van der Waals surface area contributed by atoms with Crippen LogP contribution in [-0.2, 0) is 0 Å². The molecule has 14 aromatic rings. The van der Waals surface area contributed by atoms with E-state index in [-0.39, 0.29) is 0 Å². The van der Waals surface area contributed by atoms with E-state index in [1.807, 2.05) is 6.07 Å². The maximum Gasteiger partial charge on any atom is 0.0972 e. The lowest BCUT2D eigenvalue weighted by molar-refractivity contribution is 1.37. The summed E-state index contributed by atoms with van der Waals surface area (Å²) in [5.74, 6) is 0. The van der Waals surface area contributed by atoms with Gasteiger partial charge in [-0.1, -0.05) is 224 Å². The first-order valence-corrected chi connectivity index (χ1v) is 24.0. The molecule has 2 heteroatoms. The van der Waals surface area contributed by atoms with E-state index in [1.54, 1.807) is 0 Å². The first-order valence-electron chi connectivity index (χ1n) is 24.0. The summed E-state index contributed by atoms with van der Waals surface area (Å²) < 4.78 is 0. The minimum absolute atomic E-state index is 0.910. The summed E-state index contributed by atoms with van der Waals surface area (Å²) in [7, 11) is 0. The zero-order valence-electron chi connectivity index (χ0n) is 38.1. The first kappa shape index (κ1) is 39.9. The van der Waals surface area contributed by atoms with Gasteiger partial charge in [-0.2, -0.15) is 0 Å². The predicted molar refractivity (Wildman–Crippen MR) is 297 cm³/mol. The number of hydrogen-bond donors (Lipinski definition) is 0. The second kappa shape index (κ2) is 16.2. The Bertz CT molecular complexity index is 4400. The van der Waals surface area contributed by atoms with Crippen molar-refractivity contribution in [2.24, 2.45) is 0 Å². The fourth-order valence-corrected chi connectivity index (χ4v) is 11.0. The molecule has 0 amide bonds. The number of fused-ring (bicyclic) bond motifs is 8. The summed E-state index contributed by atoms with van der Waals surface area (Å²) >= 11 is 0. The van der Waals surface area contributed by atoms with Crippen LogP contribution in [0.15, 0.2) is 255 Å². The van der Waals surface area contributed by atoms with Crippen LogP contribution in [-0.4, -0.2) is 9.97 Å². The highest BCUT2D eigenvalue weighted by Gasteiger charge is 2.19. The third-order valence-electron chi connectivity index (χ3n) is 14.4. The lowest BCUT2D eigenvalue weighted by Gasteiger charge is -2.19. The summed E-state index contributed by atoms with van der Waals surface area (Å²) in [6.07, 6.45) is 0. The molecule has 0 radical (unpaired) electrons. The first-order chi connectivity index (χ1) is 34.7. The topological polar surface area (TPSA) is 25.8 Å². The highest BCUT2D eigenvalue weighted by Crippen LogP contribution is 2.46. The van der Waals surface area contributed by atoms with Gasteiger partial charge < -0.3 is 0 Å². The van der Waals surface area contributed by atoms with Crippen molar-refractivity contribution in [3.05, 3.63) is 255 Å². The number of pyridine rings is 2. The lowest BCUT2D eigenvalue weighted by atomic mass is 9.84. The Kier molecular flexibility index (Phi) is 9.25. The molecule has 0 N–H and O–H groups in total. The van der Waals surface area contributed by atoms with Gasteiger partial charge in [0.05, 0.1) is 22.4 Å². The molecule has 324 valence electrons. The third kappa shape index (κ3) is 6.64. The normalized spacial score (nSPS) is 11.7. The van der Waals surface area contributed by atoms with Gasteiger partial charge >= 0.3 is 0 Å². The molecule has 12 aromatic carbocycles. The third-order valence-corrected chi connectivity index (χ3v) is 14.4. The Labute approximate surface area is 405 Å². The minimum Gasteiger partial charge on any atom is -0.245 e. The van der Waals surface area contributed by atoms with Gasteiger partial charge in [-0.25, -0.2) is 9.97 Å². The van der Waals surface area contributed by atoms with Gasteiger partial charge in [-0.15, -0.1) is 0 Å². The largest absolute Gasteiger partial charge is 0.245 e. The summed E-state index contributed by atoms with van der Waals surface area (Å²) in [6, 6.07) is 92.8. The maximum absolute atomic E-state index is 5.36. The highest BCUT2D eigenvalue weighted by atomic mass is 14.8. The zero-order valence-corrected chi connectivity index (χ0v) is 38.1. The molecule has 2 aromatic heterocycles. The zero-order chi connectivity index (χ0) is 46.1. The average Bonchev–Trinajstić information content (AvgIpc) is 3.44. The lowest BCUT2D eigenvalue weighted by Crippen LogP contribution is -1.92. The Balaban J connectivity index is 0.885. The molecule has 0 atom stereocenters. The van der Waals surface area contributed by atoms with E-state index in [9.17, 15) is 0 Å². The van der Waals surface area contributed by atoms with Gasteiger partial charge in [-0.05, 0) is 129 Å². The quantitative estimate of drug-likeness (QED) is 0.123. The molecule has 0 fully saturated rings. The van der Waals surface area contributed by atoms with E-state index in [0.717, 1.165) is 44.3 Å². The van der Waals surface area contributed by atoms with E-state index in [2.05, 4.69) is 249 Å². The van der Waals surface area contributed by atoms with Gasteiger partial charge in [0.2, 0.25) is 0 Å². The van der Waals surface area contributed by atoms with Gasteiger partial charge in [0.15, 0.2) is 0 Å². The van der Waals surface area contributed by atoms with Crippen molar-refractivity contribution in [3.63, 3.8) is 0 Å². The van der Waals surface area contributed by atoms with Crippen LogP contribution in [0.25, 0.3) is 143 Å². The van der Waals surface area contributed by atoms with E-state index in [4.69, 9.17) is 9.97 Å². The van der Waals surface area contributed by atoms with Gasteiger partial charge in [0, 0.05) is 21.9 Å². The SMILES string of the molecule is c1ccc(-c2ccc3ccc4ccc(-c5ccc(-c6ccc(-c7ccc8c(-c9ccc%10ccccc%10c9)c9ccccc9c(-c9ccc%10ccccc%10c9)c8c7)cc6)c6ccccc56)nc4c3n2)cc1. The van der Waals surface area contributed by atoms with Crippen LogP contribution in [0.4, 0.5) is 0 Å². The average molecular weight is 887 g/mol. The van der Waals surface area contributed by atoms with Crippen LogP contribution < -0.4 is 0 Å². The molecule has 0 aliphatic heterocycles. The second-order valence-corrected chi connectivity index (χ2v) is 18.4. The number of hydrogen-bond acceptors (Lipinski definition) is 2. The van der Waals surface area contributed by atoms with Crippen LogP contribution in [0.5, 0.6) is 0 Å². The molecule has 0 bridgehead atoms. The smallest absolute Gasteiger partial charge is 0.0972 e. The van der Waals surface area contributed by atoms with E-state index in [0.29, 0.717) is 0 Å². The molecular weight excluding hydrogens is 845 g/mol. The van der Waals surface area contributed by atoms with Crippen molar-refractivity contribution < 1.29 is 0 Å². The van der Waals surface area contributed by atoms with Crippen molar-refractivity contribution in [1.29, 1.82) is 0 Å². The second-order valence-electron chi connectivity index (χ2n) is 18.4. The number of rotatable bonds is 6. The van der Waals surface area contributed by atoms with Gasteiger partial charge in [-0.3, -0.25) is 0 Å². The molecule has 0 aliphatic rings. The molecule has 0 saturated carbocycles. The molecule has 0 unspecified atom stereocenters. The van der Waals surface area contributed by atoms with Crippen LogP contribution in [0, 0.1) is 0 Å². The summed E-state index contributed by atoms with van der Waals surface area (Å²) in [5.41, 5.74) is 15.6. The predicted octanol–water partition coefficient (Wildman–Crippen LogP) is 18.6. The Morgan fingerprint density at radius 1 is 0.200 bits per heavy atom. The van der Waals surface area contributed by atoms with Crippen molar-refractivity contribution in [3.8, 4) is 67.0 Å². The van der Waals surface area contributed by atoms with Crippen LogP contribution in [0.2, 0.25) is 0 Å². The fraction of sp³-hybridized carbons (Fsp3) is 0. The highest BCUT2D eigenvalue weighted by molar-refractivity contribution is 6.23. The molecule has 14 rings (SSSR count). The van der Waals surface area contributed by atoms with Crippen LogP contribution >= 0.6 is 0 Å². The maximum atomic E-state index is 5.36. The van der Waals surface area contributed by atoms with Gasteiger partial charge in [0.25, 0.3) is 0 Å². The minimum atomic E-state index is 0.910. The summed E-state index contributed by atoms with van der Waals surface area (Å²) in [6.45, 7) is 0. The van der Waals surface area contributed by atoms with E-state index < -0.39 is 0 Å². The molecule has 0 saturated heterocycles. The summed E-state index contributed by atoms with van der Waals surface area (Å²) in [5, 5.41) is 14.5. The van der Waals surface area contributed by atoms with Crippen molar-refractivity contribution in [1.82, 2.24) is 9.97 Å². The Morgan fingerprint density at radius 3 is 1.27 bits per heavy atom. The Hall–Kier alpha value is -9.24. The van der Waals surface area contributed by atoms with Gasteiger partial charge in [0.1, 0.15) is 0 Å². The Morgan fingerprint density at radius 2 is 0.629 bits per heavy atom. The standard InChI is InChI=1S/C68H42N2/c1-2-14-47(15-3-1)63-38-33-48-28-29-49-34-39-64(70-68(49)67(48)69-63)58-37-36-55(56-18-8-9-19-57(56)58)46-26-22-45(23-27-46)52-32-35-61-62(42-52)66(54-31-25-44-13-5-7-17-51(44)41-54)60-21-11-10-20-59(60)65(61)53-30-24-43-12-4-6-16-50(43)40-53/h1-42H. The molecular formula is C68H42N2. The molecule has 2 nitrogen and oxygen atoms in total. The molecule has 2 heterocycles. The van der Waals surface area contributed by atoms with Crippen molar-refractivity contribution in [2.75, 3.05) is 0 Å². The molecule has 0 aliphatic carbocycles. The number of benzene rings is 12. The van der Waals surface area contributed by atoms with Crippen LogP contribution in [0.1, 0.15) is 0 Å². The molecule has 70 heavy (non-hydrogen) atoms. The number of aromatic nitrogens is 2. The van der Waals surface area contributed by atoms with Crippen molar-refractivity contribution >= 4 is 75.7 Å². The molecule has 0 spiro atoms. The monoisotopic (exact) mass is 886 g/mol. The number of nitrogens with zero attached hydrogens (tertiary/aromatic N) is 2. The van der Waals surface area contributed by atoms with Crippen molar-refractivity contribution in [2.45, 2.75) is 0 Å².